The summed E-state index contributed by atoms with van der Waals surface area (Å²) in [7, 11) is 1.66. The molecule has 3 N–H and O–H groups in total. The van der Waals surface area contributed by atoms with Crippen LogP contribution in [0.4, 0.5) is 4.39 Å². The predicted octanol–water partition coefficient (Wildman–Crippen LogP) is 3.61. The Morgan fingerprint density at radius 2 is 2.09 bits per heavy atom. The monoisotopic (exact) mass is 476 g/mol. The van der Waals surface area contributed by atoms with E-state index < -0.39 is 0 Å². The SMILES string of the molecule is COCCNC1=CC(Oc2cccc(F)c2)=CN2C(c3ccc(C(=O)NC4CC4)c(C)c3)=CNC12. The highest BCUT2D eigenvalue weighted by molar-refractivity contribution is 5.96. The molecule has 1 fully saturated rings. The lowest BCUT2D eigenvalue weighted by atomic mass is 10.0. The van der Waals surface area contributed by atoms with Gasteiger partial charge in [-0.3, -0.25) is 4.79 Å². The van der Waals surface area contributed by atoms with Gasteiger partial charge in [-0.25, -0.2) is 4.39 Å². The van der Waals surface area contributed by atoms with Crippen molar-refractivity contribution in [2.45, 2.75) is 32.0 Å². The molecule has 1 aliphatic carbocycles. The van der Waals surface area contributed by atoms with Crippen molar-refractivity contribution in [1.82, 2.24) is 20.9 Å². The molecule has 2 aromatic carbocycles. The normalized spacial score (nSPS) is 18.7. The van der Waals surface area contributed by atoms with Gasteiger partial charge in [0.15, 0.2) is 0 Å². The molecule has 5 rings (SSSR count). The highest BCUT2D eigenvalue weighted by Gasteiger charge is 2.32. The van der Waals surface area contributed by atoms with E-state index in [2.05, 4.69) is 20.9 Å². The van der Waals surface area contributed by atoms with Gasteiger partial charge in [-0.2, -0.15) is 0 Å². The van der Waals surface area contributed by atoms with Crippen LogP contribution in [-0.4, -0.2) is 43.3 Å². The summed E-state index contributed by atoms with van der Waals surface area (Å²) in [6, 6.07) is 12.2. The maximum absolute atomic E-state index is 13.7. The van der Waals surface area contributed by atoms with Crippen molar-refractivity contribution in [3.63, 3.8) is 0 Å². The summed E-state index contributed by atoms with van der Waals surface area (Å²) in [5.74, 6) is 0.605. The van der Waals surface area contributed by atoms with Crippen LogP contribution in [0.3, 0.4) is 0 Å². The number of benzene rings is 2. The standard InChI is InChI=1S/C27H29FN4O3/c1-17-12-18(6-9-23(17)27(33)31-20-7-8-20)25-15-30-26-24(29-10-11-34-2)14-22(16-32(25)26)35-21-5-3-4-19(28)13-21/h3-6,9,12-16,20,26,29-30H,7-8,10-11H2,1-2H3,(H,31,33). The maximum atomic E-state index is 13.7. The van der Waals surface area contributed by atoms with Gasteiger partial charge >= 0.3 is 0 Å². The summed E-state index contributed by atoms with van der Waals surface area (Å²) in [5, 5.41) is 9.88. The number of hydrogen-bond acceptors (Lipinski definition) is 6. The van der Waals surface area contributed by atoms with Crippen LogP contribution >= 0.6 is 0 Å². The number of nitrogens with one attached hydrogen (secondary N) is 3. The van der Waals surface area contributed by atoms with Crippen molar-refractivity contribution in [2.75, 3.05) is 20.3 Å². The number of fused-ring (bicyclic) bond motifs is 1. The van der Waals surface area contributed by atoms with Crippen LogP contribution in [0.25, 0.3) is 5.70 Å². The van der Waals surface area contributed by atoms with Gasteiger partial charge in [0.05, 0.1) is 18.0 Å². The van der Waals surface area contributed by atoms with E-state index >= 15 is 0 Å². The molecule has 2 aromatic rings. The molecule has 0 saturated heterocycles. The lowest BCUT2D eigenvalue weighted by Crippen LogP contribution is -2.43. The molecule has 35 heavy (non-hydrogen) atoms. The van der Waals surface area contributed by atoms with E-state index in [0.29, 0.717) is 36.3 Å². The summed E-state index contributed by atoms with van der Waals surface area (Å²) >= 11 is 0. The summed E-state index contributed by atoms with van der Waals surface area (Å²) in [6.07, 6.45) is 7.71. The van der Waals surface area contributed by atoms with Crippen molar-refractivity contribution in [1.29, 1.82) is 0 Å². The summed E-state index contributed by atoms with van der Waals surface area (Å²) in [6.45, 7) is 3.13. The molecule has 8 heteroatoms. The second-order valence-corrected chi connectivity index (χ2v) is 8.89. The highest BCUT2D eigenvalue weighted by atomic mass is 19.1. The highest BCUT2D eigenvalue weighted by Crippen LogP contribution is 2.33. The quantitative estimate of drug-likeness (QED) is 0.480. The van der Waals surface area contributed by atoms with Crippen LogP contribution < -0.4 is 20.7 Å². The number of nitrogens with zero attached hydrogens (tertiary/aromatic N) is 1. The zero-order valence-electron chi connectivity index (χ0n) is 19.8. The first-order chi connectivity index (χ1) is 17.0. The van der Waals surface area contributed by atoms with Crippen LogP contribution in [-0.2, 0) is 4.74 Å². The topological polar surface area (TPSA) is 74.9 Å². The Labute approximate surface area is 204 Å². The molecular formula is C27H29FN4O3. The number of rotatable bonds is 9. The molecule has 182 valence electrons. The fraction of sp³-hybridized carbons (Fsp3) is 0.296. The van der Waals surface area contributed by atoms with E-state index in [0.717, 1.165) is 35.4 Å². The van der Waals surface area contributed by atoms with E-state index in [1.807, 2.05) is 43.6 Å². The largest absolute Gasteiger partial charge is 0.456 e. The average molecular weight is 477 g/mol. The van der Waals surface area contributed by atoms with Gasteiger partial charge in [0.1, 0.15) is 23.5 Å². The minimum Gasteiger partial charge on any atom is -0.456 e. The van der Waals surface area contributed by atoms with Gasteiger partial charge in [-0.05, 0) is 55.2 Å². The minimum atomic E-state index is -0.357. The fourth-order valence-corrected chi connectivity index (χ4v) is 4.21. The Bertz CT molecular complexity index is 1220. The Kier molecular flexibility index (Phi) is 6.46. The molecule has 0 aromatic heterocycles. The van der Waals surface area contributed by atoms with Crippen molar-refractivity contribution in [3.05, 3.63) is 94.9 Å². The van der Waals surface area contributed by atoms with Crippen LogP contribution in [0, 0.1) is 12.7 Å². The number of aryl methyl sites for hydroxylation is 1. The molecule has 1 saturated carbocycles. The van der Waals surface area contributed by atoms with Gasteiger partial charge in [-0.1, -0.05) is 12.1 Å². The third kappa shape index (κ3) is 5.17. The fourth-order valence-electron chi connectivity index (χ4n) is 4.21. The first-order valence-corrected chi connectivity index (χ1v) is 11.8. The maximum Gasteiger partial charge on any atom is 0.251 e. The lowest BCUT2D eigenvalue weighted by molar-refractivity contribution is 0.0950. The molecular weight excluding hydrogens is 447 g/mol. The zero-order chi connectivity index (χ0) is 24.4. The molecule has 0 bridgehead atoms. The summed E-state index contributed by atoms with van der Waals surface area (Å²) in [5.41, 5.74) is 4.41. The Morgan fingerprint density at radius 1 is 1.23 bits per heavy atom. The molecule has 1 atom stereocenters. The second kappa shape index (κ2) is 9.84. The number of carbonyl (C=O) groups is 1. The molecule has 3 aliphatic rings. The lowest BCUT2D eigenvalue weighted by Gasteiger charge is -2.32. The Hall–Kier alpha value is -3.78. The number of carbonyl (C=O) groups excluding carboxylic acids is 1. The molecule has 1 unspecified atom stereocenters. The minimum absolute atomic E-state index is 0.0239. The summed E-state index contributed by atoms with van der Waals surface area (Å²) in [4.78, 5) is 14.6. The molecule has 2 heterocycles. The van der Waals surface area contributed by atoms with Crippen LogP contribution in [0.15, 0.2) is 72.4 Å². The van der Waals surface area contributed by atoms with Crippen molar-refractivity contribution in [2.24, 2.45) is 0 Å². The molecule has 0 spiro atoms. The van der Waals surface area contributed by atoms with Gasteiger partial charge < -0.3 is 30.3 Å². The van der Waals surface area contributed by atoms with Crippen LogP contribution in [0.2, 0.25) is 0 Å². The predicted molar refractivity (Wildman–Crippen MR) is 131 cm³/mol. The molecule has 7 nitrogen and oxygen atoms in total. The molecule has 0 radical (unpaired) electrons. The molecule has 2 aliphatic heterocycles. The Balaban J connectivity index is 1.40. The number of halogens is 1. The first-order valence-electron chi connectivity index (χ1n) is 11.8. The van der Waals surface area contributed by atoms with E-state index in [9.17, 15) is 9.18 Å². The van der Waals surface area contributed by atoms with Gasteiger partial charge in [0.25, 0.3) is 5.91 Å². The Morgan fingerprint density at radius 3 is 2.83 bits per heavy atom. The van der Waals surface area contributed by atoms with Gasteiger partial charge in [-0.15, -0.1) is 0 Å². The van der Waals surface area contributed by atoms with E-state index in [-0.39, 0.29) is 17.9 Å². The van der Waals surface area contributed by atoms with Gasteiger partial charge in [0.2, 0.25) is 0 Å². The first kappa shape index (κ1) is 23.0. The van der Waals surface area contributed by atoms with Crippen molar-refractivity contribution >= 4 is 11.6 Å². The van der Waals surface area contributed by atoms with Gasteiger partial charge in [0, 0.05) is 49.8 Å². The van der Waals surface area contributed by atoms with Crippen LogP contribution in [0.5, 0.6) is 5.75 Å². The number of amides is 1. The van der Waals surface area contributed by atoms with Crippen molar-refractivity contribution < 1.29 is 18.7 Å². The second-order valence-electron chi connectivity index (χ2n) is 8.89. The number of allylic oxidation sites excluding steroid dienone is 1. The number of methoxy groups -OCH3 is 1. The van der Waals surface area contributed by atoms with E-state index in [1.54, 1.807) is 19.2 Å². The van der Waals surface area contributed by atoms with E-state index in [1.165, 1.54) is 12.1 Å². The van der Waals surface area contributed by atoms with Crippen LogP contribution in [0.1, 0.15) is 34.3 Å². The number of hydrogen-bond donors (Lipinski definition) is 3. The zero-order valence-corrected chi connectivity index (χ0v) is 19.8. The average Bonchev–Trinajstić information content (AvgIpc) is 3.54. The summed E-state index contributed by atoms with van der Waals surface area (Å²) < 4.78 is 24.9. The third-order valence-corrected chi connectivity index (χ3v) is 6.14. The van der Waals surface area contributed by atoms with Crippen molar-refractivity contribution in [3.8, 4) is 5.75 Å². The smallest absolute Gasteiger partial charge is 0.251 e. The third-order valence-electron chi connectivity index (χ3n) is 6.14. The van der Waals surface area contributed by atoms with E-state index in [4.69, 9.17) is 9.47 Å². The molecule has 1 amide bonds. The number of ether oxygens (including phenoxy) is 2.